The molecule has 1 N–H and O–H groups in total. The van der Waals surface area contributed by atoms with Gasteiger partial charge in [0.05, 0.1) is 5.60 Å². The van der Waals surface area contributed by atoms with E-state index < -0.39 is 11.5 Å². The lowest BCUT2D eigenvalue weighted by Gasteiger charge is -2.61. The predicted molar refractivity (Wildman–Crippen MR) is 55.5 cm³/mol. The molecule has 0 aromatic carbocycles. The van der Waals surface area contributed by atoms with Gasteiger partial charge in [0.1, 0.15) is 0 Å². The van der Waals surface area contributed by atoms with Crippen molar-refractivity contribution in [3.8, 4) is 0 Å². The molecule has 0 atom stereocenters. The lowest BCUT2D eigenvalue weighted by Crippen LogP contribution is -2.73. The molecule has 0 aromatic rings. The molecule has 92 valence electrons. The fourth-order valence-corrected chi connectivity index (χ4v) is 3.75. The van der Waals surface area contributed by atoms with Gasteiger partial charge in [-0.25, -0.2) is 8.78 Å². The fraction of sp³-hybridized carbons (Fsp3) is 1.00. The molecule has 0 bridgehead atoms. The topological polar surface area (TPSA) is 26.7 Å². The summed E-state index contributed by atoms with van der Waals surface area (Å²) in [6.45, 7) is 4.57. The van der Waals surface area contributed by atoms with Crippen molar-refractivity contribution in [3.63, 3.8) is 0 Å². The molecule has 16 heavy (non-hydrogen) atoms. The molecule has 1 aliphatic carbocycles. The van der Waals surface area contributed by atoms with E-state index in [1.807, 2.05) is 0 Å². The quantitative estimate of drug-likeness (QED) is 0.746. The Morgan fingerprint density at radius 1 is 1.12 bits per heavy atom. The van der Waals surface area contributed by atoms with Crippen molar-refractivity contribution in [1.82, 2.24) is 9.80 Å². The number of halogens is 2. The normalized spacial score (nSPS) is 35.2. The van der Waals surface area contributed by atoms with Crippen LogP contribution in [0.2, 0.25) is 0 Å². The minimum atomic E-state index is -2.63. The van der Waals surface area contributed by atoms with Gasteiger partial charge in [0.15, 0.2) is 0 Å². The smallest absolute Gasteiger partial charge is 0.253 e. The van der Waals surface area contributed by atoms with Crippen molar-refractivity contribution in [2.24, 2.45) is 5.41 Å². The van der Waals surface area contributed by atoms with Gasteiger partial charge in [-0.2, -0.15) is 0 Å². The number of rotatable bonds is 2. The molecular formula is C11H18F2N2O. The Bertz CT molecular complexity index is 299. The first-order valence-corrected chi connectivity index (χ1v) is 5.81. The molecule has 2 aliphatic heterocycles. The first kappa shape index (κ1) is 10.9. The molecule has 3 rings (SSSR count). The number of nitrogens with zero attached hydrogens (tertiary/aromatic N) is 2. The monoisotopic (exact) mass is 232 g/mol. The zero-order valence-electron chi connectivity index (χ0n) is 9.55. The van der Waals surface area contributed by atoms with Crippen molar-refractivity contribution in [3.05, 3.63) is 0 Å². The number of β-amino-alcohol motifs (C(OH)–C–C–N with tert-alkyl or cyclic N) is 1. The van der Waals surface area contributed by atoms with E-state index in [9.17, 15) is 13.9 Å². The van der Waals surface area contributed by atoms with Gasteiger partial charge in [0, 0.05) is 51.0 Å². The van der Waals surface area contributed by atoms with Gasteiger partial charge in [-0.1, -0.05) is 0 Å². The Morgan fingerprint density at radius 2 is 1.69 bits per heavy atom. The van der Waals surface area contributed by atoms with Crippen LogP contribution < -0.4 is 0 Å². The van der Waals surface area contributed by atoms with Gasteiger partial charge in [0.25, 0.3) is 5.92 Å². The van der Waals surface area contributed by atoms with Crippen LogP contribution in [0, 0.1) is 5.41 Å². The van der Waals surface area contributed by atoms with Crippen LogP contribution in [0.3, 0.4) is 0 Å². The van der Waals surface area contributed by atoms with Crippen LogP contribution in [0.4, 0.5) is 8.78 Å². The summed E-state index contributed by atoms with van der Waals surface area (Å²) in [5, 5.41) is 9.86. The van der Waals surface area contributed by atoms with Crippen LogP contribution >= 0.6 is 0 Å². The van der Waals surface area contributed by atoms with Gasteiger partial charge in [-0.3, -0.25) is 4.90 Å². The standard InChI is InChI=1S/C11H18F2N2O/c1-14-4-9(5-14)6-15(7-9)8-10(16)2-11(12,13)3-10/h16H,2-8H2,1H3. The van der Waals surface area contributed by atoms with Crippen LogP contribution in [0.25, 0.3) is 0 Å². The summed E-state index contributed by atoms with van der Waals surface area (Å²) in [7, 11) is 2.09. The average Bonchev–Trinajstić information content (AvgIpc) is 1.92. The maximum atomic E-state index is 12.7. The zero-order chi connectivity index (χ0) is 11.6. The summed E-state index contributed by atoms with van der Waals surface area (Å²) in [6, 6.07) is 0. The first-order chi connectivity index (χ1) is 7.30. The molecule has 1 saturated carbocycles. The molecule has 1 spiro atoms. The van der Waals surface area contributed by atoms with E-state index >= 15 is 0 Å². The third-order valence-electron chi connectivity index (χ3n) is 4.02. The molecule has 0 unspecified atom stereocenters. The molecule has 0 aromatic heterocycles. The maximum absolute atomic E-state index is 12.7. The Hall–Kier alpha value is -0.260. The number of alkyl halides is 2. The summed E-state index contributed by atoms with van der Waals surface area (Å²) >= 11 is 0. The van der Waals surface area contributed by atoms with E-state index in [1.165, 1.54) is 0 Å². The number of likely N-dealkylation sites (tertiary alicyclic amines) is 2. The van der Waals surface area contributed by atoms with E-state index in [1.54, 1.807) is 0 Å². The third-order valence-corrected chi connectivity index (χ3v) is 4.02. The minimum absolute atomic E-state index is 0.358. The van der Waals surface area contributed by atoms with Crippen molar-refractivity contribution in [2.75, 3.05) is 39.8 Å². The van der Waals surface area contributed by atoms with Crippen molar-refractivity contribution < 1.29 is 13.9 Å². The molecule has 3 fully saturated rings. The summed E-state index contributed by atoms with van der Waals surface area (Å²) in [5.41, 5.74) is -0.710. The predicted octanol–water partition coefficient (Wildman–Crippen LogP) is 0.394. The highest BCUT2D eigenvalue weighted by Crippen LogP contribution is 2.48. The second-order valence-corrected chi connectivity index (χ2v) is 6.25. The van der Waals surface area contributed by atoms with Gasteiger partial charge in [-0.05, 0) is 7.05 Å². The van der Waals surface area contributed by atoms with E-state index in [4.69, 9.17) is 0 Å². The van der Waals surface area contributed by atoms with E-state index in [2.05, 4.69) is 16.8 Å². The van der Waals surface area contributed by atoms with Crippen LogP contribution in [0.5, 0.6) is 0 Å². The highest BCUT2D eigenvalue weighted by Gasteiger charge is 2.59. The Balaban J connectivity index is 1.45. The molecular weight excluding hydrogens is 214 g/mol. The fourth-order valence-electron chi connectivity index (χ4n) is 3.75. The molecule has 0 amide bonds. The van der Waals surface area contributed by atoms with E-state index in [-0.39, 0.29) is 12.8 Å². The van der Waals surface area contributed by atoms with Crippen LogP contribution in [0.15, 0.2) is 0 Å². The van der Waals surface area contributed by atoms with Gasteiger partial charge >= 0.3 is 0 Å². The largest absolute Gasteiger partial charge is 0.388 e. The number of hydrogen-bond donors (Lipinski definition) is 1. The van der Waals surface area contributed by atoms with Crippen molar-refractivity contribution in [2.45, 2.75) is 24.4 Å². The highest BCUT2D eigenvalue weighted by atomic mass is 19.3. The lowest BCUT2D eigenvalue weighted by molar-refractivity contribution is -0.225. The molecule has 5 heteroatoms. The summed E-state index contributed by atoms with van der Waals surface area (Å²) in [4.78, 5) is 4.38. The molecule has 2 heterocycles. The lowest BCUT2D eigenvalue weighted by atomic mass is 9.70. The minimum Gasteiger partial charge on any atom is -0.388 e. The molecule has 3 aliphatic rings. The Kier molecular flexibility index (Phi) is 2.00. The Labute approximate surface area is 94.0 Å². The third kappa shape index (κ3) is 1.65. The summed E-state index contributed by atoms with van der Waals surface area (Å²) in [5.74, 6) is -2.63. The van der Waals surface area contributed by atoms with E-state index in [0.29, 0.717) is 12.0 Å². The van der Waals surface area contributed by atoms with Crippen LogP contribution in [-0.2, 0) is 0 Å². The second-order valence-electron chi connectivity index (χ2n) is 6.25. The highest BCUT2D eigenvalue weighted by molar-refractivity contribution is 5.08. The van der Waals surface area contributed by atoms with Crippen molar-refractivity contribution >= 4 is 0 Å². The van der Waals surface area contributed by atoms with Crippen LogP contribution in [0.1, 0.15) is 12.8 Å². The maximum Gasteiger partial charge on any atom is 0.253 e. The molecule has 0 radical (unpaired) electrons. The summed E-state index contributed by atoms with van der Waals surface area (Å²) in [6.07, 6.45) is -0.715. The van der Waals surface area contributed by atoms with Crippen molar-refractivity contribution in [1.29, 1.82) is 0 Å². The van der Waals surface area contributed by atoms with Crippen LogP contribution in [-0.4, -0.2) is 66.2 Å². The number of aliphatic hydroxyl groups is 1. The second kappa shape index (κ2) is 2.94. The average molecular weight is 232 g/mol. The first-order valence-electron chi connectivity index (χ1n) is 5.81. The molecule has 2 saturated heterocycles. The molecule has 3 nitrogen and oxygen atoms in total. The SMILES string of the molecule is CN1CC2(C1)CN(CC1(O)CC(F)(F)C1)C2. The zero-order valence-corrected chi connectivity index (χ0v) is 9.55. The van der Waals surface area contributed by atoms with Gasteiger partial charge in [-0.15, -0.1) is 0 Å². The Morgan fingerprint density at radius 3 is 2.12 bits per heavy atom. The number of hydrogen-bond acceptors (Lipinski definition) is 3. The van der Waals surface area contributed by atoms with E-state index in [0.717, 1.165) is 26.2 Å². The van der Waals surface area contributed by atoms with Gasteiger partial charge < -0.3 is 10.0 Å². The summed E-state index contributed by atoms with van der Waals surface area (Å²) < 4.78 is 25.4. The van der Waals surface area contributed by atoms with Gasteiger partial charge in [0.2, 0.25) is 0 Å².